The molecule has 0 unspecified atom stereocenters. The zero-order valence-electron chi connectivity index (χ0n) is 17.2. The highest BCUT2D eigenvalue weighted by atomic mass is 32.2. The highest BCUT2D eigenvalue weighted by molar-refractivity contribution is 7.98. The number of carbonyl (C=O) groups excluding carboxylic acids is 1. The summed E-state index contributed by atoms with van der Waals surface area (Å²) in [5.74, 6) is 1.53. The van der Waals surface area contributed by atoms with Crippen molar-refractivity contribution < 1.29 is 19.0 Å². The summed E-state index contributed by atoms with van der Waals surface area (Å²) in [6.45, 7) is 0. The van der Waals surface area contributed by atoms with E-state index in [-0.39, 0.29) is 12.3 Å². The Labute approximate surface area is 178 Å². The van der Waals surface area contributed by atoms with Gasteiger partial charge in [-0.2, -0.15) is 4.68 Å². The van der Waals surface area contributed by atoms with Crippen LogP contribution in [-0.4, -0.2) is 53.7 Å². The molecule has 0 aliphatic carbocycles. The number of hydrogen-bond donors (Lipinski definition) is 1. The van der Waals surface area contributed by atoms with Crippen molar-refractivity contribution >= 4 is 23.4 Å². The van der Waals surface area contributed by atoms with E-state index >= 15 is 0 Å². The summed E-state index contributed by atoms with van der Waals surface area (Å²) < 4.78 is 17.8. The van der Waals surface area contributed by atoms with Crippen LogP contribution in [0.5, 0.6) is 17.2 Å². The van der Waals surface area contributed by atoms with Gasteiger partial charge in [0.05, 0.1) is 27.0 Å². The first-order valence-corrected chi connectivity index (χ1v) is 10.3. The van der Waals surface area contributed by atoms with E-state index < -0.39 is 0 Å². The molecule has 2 aromatic carbocycles. The van der Waals surface area contributed by atoms with Crippen molar-refractivity contribution in [2.45, 2.75) is 18.0 Å². The van der Waals surface area contributed by atoms with E-state index in [1.807, 2.05) is 36.6 Å². The molecule has 1 N–H and O–H groups in total. The molecule has 0 fully saturated rings. The summed E-state index contributed by atoms with van der Waals surface area (Å²) in [5, 5.41) is 15.2. The number of nitrogens with one attached hydrogen (secondary N) is 1. The lowest BCUT2D eigenvalue weighted by Gasteiger charge is -2.15. The molecule has 3 aromatic rings. The minimum Gasteiger partial charge on any atom is -0.493 e. The van der Waals surface area contributed by atoms with E-state index in [4.69, 9.17) is 14.2 Å². The van der Waals surface area contributed by atoms with Gasteiger partial charge in [0.2, 0.25) is 16.8 Å². The molecule has 158 valence electrons. The molecule has 1 heterocycles. The van der Waals surface area contributed by atoms with Crippen LogP contribution >= 0.6 is 11.8 Å². The number of anilines is 1. The number of ether oxygens (including phenoxy) is 3. The maximum atomic E-state index is 12.5. The number of amides is 1. The van der Waals surface area contributed by atoms with Crippen molar-refractivity contribution in [3.8, 4) is 22.9 Å². The predicted molar refractivity (Wildman–Crippen MR) is 114 cm³/mol. The smallest absolute Gasteiger partial charge is 0.224 e. The second-order valence-corrected chi connectivity index (χ2v) is 6.94. The summed E-state index contributed by atoms with van der Waals surface area (Å²) in [4.78, 5) is 12.5. The molecule has 0 atom stereocenters. The summed E-state index contributed by atoms with van der Waals surface area (Å²) in [6.07, 6.45) is 2.66. The number of aromatic nitrogens is 4. The van der Waals surface area contributed by atoms with E-state index in [2.05, 4.69) is 20.8 Å². The highest BCUT2D eigenvalue weighted by Crippen LogP contribution is 2.40. The van der Waals surface area contributed by atoms with Gasteiger partial charge < -0.3 is 19.5 Å². The SMILES string of the molecule is COc1ccc(CCC(=O)Nc2cccc(-n3nnnc3SC)c2)c(OC)c1OC. The third-order valence-electron chi connectivity index (χ3n) is 4.41. The molecule has 0 saturated heterocycles. The lowest BCUT2D eigenvalue weighted by atomic mass is 10.1. The van der Waals surface area contributed by atoms with Gasteiger partial charge in [-0.25, -0.2) is 0 Å². The molecular formula is C20H23N5O4S. The maximum absolute atomic E-state index is 12.5. The van der Waals surface area contributed by atoms with E-state index in [1.165, 1.54) is 11.8 Å². The summed E-state index contributed by atoms with van der Waals surface area (Å²) in [7, 11) is 4.68. The normalized spacial score (nSPS) is 10.5. The van der Waals surface area contributed by atoms with Crippen LogP contribution in [0.25, 0.3) is 5.69 Å². The van der Waals surface area contributed by atoms with Crippen LogP contribution in [0.1, 0.15) is 12.0 Å². The van der Waals surface area contributed by atoms with Gasteiger partial charge in [0.15, 0.2) is 11.5 Å². The van der Waals surface area contributed by atoms with Crippen LogP contribution in [0.3, 0.4) is 0 Å². The average molecular weight is 430 g/mol. The minimum atomic E-state index is -0.120. The van der Waals surface area contributed by atoms with Gasteiger partial charge in [-0.15, -0.1) is 5.10 Å². The predicted octanol–water partition coefficient (Wildman–Crippen LogP) is 2.98. The number of benzene rings is 2. The molecule has 30 heavy (non-hydrogen) atoms. The minimum absolute atomic E-state index is 0.120. The van der Waals surface area contributed by atoms with Gasteiger partial charge in [0, 0.05) is 12.1 Å². The molecule has 9 nitrogen and oxygen atoms in total. The Morgan fingerprint density at radius 1 is 1.10 bits per heavy atom. The van der Waals surface area contributed by atoms with Gasteiger partial charge in [-0.05, 0) is 52.9 Å². The second kappa shape index (κ2) is 9.97. The first-order valence-electron chi connectivity index (χ1n) is 9.11. The average Bonchev–Trinajstić information content (AvgIpc) is 3.26. The Morgan fingerprint density at radius 2 is 1.90 bits per heavy atom. The number of thioether (sulfide) groups is 1. The fraction of sp³-hybridized carbons (Fsp3) is 0.300. The van der Waals surface area contributed by atoms with Crippen molar-refractivity contribution in [1.82, 2.24) is 20.2 Å². The zero-order chi connectivity index (χ0) is 21.5. The van der Waals surface area contributed by atoms with E-state index in [0.717, 1.165) is 11.3 Å². The topological polar surface area (TPSA) is 100 Å². The summed E-state index contributed by atoms with van der Waals surface area (Å²) >= 11 is 1.44. The van der Waals surface area contributed by atoms with E-state index in [0.29, 0.717) is 34.5 Å². The van der Waals surface area contributed by atoms with Crippen LogP contribution in [0, 0.1) is 0 Å². The molecule has 0 radical (unpaired) electrons. The fourth-order valence-corrected chi connectivity index (χ4v) is 3.45. The molecular weight excluding hydrogens is 406 g/mol. The van der Waals surface area contributed by atoms with Crippen molar-refractivity contribution in [3.05, 3.63) is 42.0 Å². The third-order valence-corrected chi connectivity index (χ3v) is 5.02. The fourth-order valence-electron chi connectivity index (χ4n) is 3.02. The first-order chi connectivity index (χ1) is 14.6. The van der Waals surface area contributed by atoms with Crippen LogP contribution in [-0.2, 0) is 11.2 Å². The van der Waals surface area contributed by atoms with Gasteiger partial charge in [-0.3, -0.25) is 4.79 Å². The molecule has 0 aliphatic heterocycles. The third kappa shape index (κ3) is 4.65. The second-order valence-electron chi connectivity index (χ2n) is 6.17. The zero-order valence-corrected chi connectivity index (χ0v) is 18.0. The summed E-state index contributed by atoms with van der Waals surface area (Å²) in [5.41, 5.74) is 2.29. The van der Waals surface area contributed by atoms with Crippen molar-refractivity contribution in [2.24, 2.45) is 0 Å². The highest BCUT2D eigenvalue weighted by Gasteiger charge is 2.16. The lowest BCUT2D eigenvalue weighted by molar-refractivity contribution is -0.116. The standard InChI is InChI=1S/C20H23N5O4S/c1-27-16-10-8-13(18(28-2)19(16)29-3)9-11-17(26)21-14-6-5-7-15(12-14)25-20(30-4)22-23-24-25/h5-8,10,12H,9,11H2,1-4H3,(H,21,26). The number of carbonyl (C=O) groups is 1. The van der Waals surface area contributed by atoms with Gasteiger partial charge in [0.1, 0.15) is 0 Å². The molecule has 0 saturated carbocycles. The monoisotopic (exact) mass is 429 g/mol. The number of methoxy groups -OCH3 is 3. The number of hydrogen-bond acceptors (Lipinski definition) is 8. The Kier molecular flexibility index (Phi) is 7.12. The Hall–Kier alpha value is -3.27. The Morgan fingerprint density at radius 3 is 2.60 bits per heavy atom. The van der Waals surface area contributed by atoms with Gasteiger partial charge >= 0.3 is 0 Å². The molecule has 0 spiro atoms. The van der Waals surface area contributed by atoms with Crippen molar-refractivity contribution in [3.63, 3.8) is 0 Å². The van der Waals surface area contributed by atoms with E-state index in [9.17, 15) is 4.79 Å². The van der Waals surface area contributed by atoms with Crippen LogP contribution in [0.2, 0.25) is 0 Å². The van der Waals surface area contributed by atoms with Crippen LogP contribution < -0.4 is 19.5 Å². The molecule has 1 amide bonds. The molecule has 0 bridgehead atoms. The van der Waals surface area contributed by atoms with E-state index in [1.54, 1.807) is 32.1 Å². The molecule has 10 heteroatoms. The van der Waals surface area contributed by atoms with Crippen LogP contribution in [0.15, 0.2) is 41.6 Å². The number of aryl methyl sites for hydroxylation is 1. The maximum Gasteiger partial charge on any atom is 0.224 e. The summed E-state index contributed by atoms with van der Waals surface area (Å²) in [6, 6.07) is 11.0. The quantitative estimate of drug-likeness (QED) is 0.518. The number of nitrogens with zero attached hydrogens (tertiary/aromatic N) is 4. The van der Waals surface area contributed by atoms with Crippen LogP contribution in [0.4, 0.5) is 5.69 Å². The number of tetrazole rings is 1. The largest absolute Gasteiger partial charge is 0.493 e. The molecule has 0 aliphatic rings. The molecule has 1 aromatic heterocycles. The Bertz CT molecular complexity index is 1020. The van der Waals surface area contributed by atoms with Gasteiger partial charge in [0.25, 0.3) is 0 Å². The Balaban J connectivity index is 1.69. The van der Waals surface area contributed by atoms with Gasteiger partial charge in [-0.1, -0.05) is 23.9 Å². The lowest BCUT2D eigenvalue weighted by Crippen LogP contribution is -2.13. The first kappa shape index (κ1) is 21.4. The van der Waals surface area contributed by atoms with Crippen molar-refractivity contribution in [1.29, 1.82) is 0 Å². The number of rotatable bonds is 9. The van der Waals surface area contributed by atoms with Crippen molar-refractivity contribution in [2.75, 3.05) is 32.9 Å². The molecule has 3 rings (SSSR count).